The van der Waals surface area contributed by atoms with Crippen molar-refractivity contribution in [1.29, 1.82) is 0 Å². The molecule has 0 aromatic rings. The largest absolute Gasteiger partial charge is 0.388 e. The Morgan fingerprint density at radius 2 is 2.06 bits per heavy atom. The lowest BCUT2D eigenvalue weighted by molar-refractivity contribution is -0.131. The number of likely N-dealkylation sites (N-methyl/N-ethyl adjacent to an activating group) is 1. The van der Waals surface area contributed by atoms with Crippen molar-refractivity contribution in [2.24, 2.45) is 0 Å². The van der Waals surface area contributed by atoms with Gasteiger partial charge in [-0.3, -0.25) is 4.79 Å². The zero-order valence-electron chi connectivity index (χ0n) is 10.3. The van der Waals surface area contributed by atoms with Gasteiger partial charge in [0.15, 0.2) is 0 Å². The van der Waals surface area contributed by atoms with Crippen LogP contribution in [0.3, 0.4) is 0 Å². The Hall–Kier alpha value is -0.650. The molecule has 1 aliphatic rings. The smallest absolute Gasteiger partial charge is 0.238 e. The molecule has 0 spiro atoms. The average molecular weight is 230 g/mol. The van der Waals surface area contributed by atoms with Gasteiger partial charge in [0.05, 0.1) is 11.6 Å². The average Bonchev–Trinajstić information content (AvgIpc) is 2.26. The topological polar surface area (TPSA) is 61.8 Å². The summed E-state index contributed by atoms with van der Waals surface area (Å²) in [7, 11) is 3.45. The minimum atomic E-state index is -0.723. The molecule has 1 fully saturated rings. The second-order valence-electron chi connectivity index (χ2n) is 4.67. The summed E-state index contributed by atoms with van der Waals surface area (Å²) in [6, 6.07) is -0.262. The highest BCUT2D eigenvalue weighted by Gasteiger charge is 2.30. The van der Waals surface area contributed by atoms with Crippen LogP contribution in [-0.2, 0) is 9.53 Å². The van der Waals surface area contributed by atoms with E-state index in [1.165, 1.54) is 0 Å². The van der Waals surface area contributed by atoms with Crippen LogP contribution in [0.5, 0.6) is 0 Å². The summed E-state index contributed by atoms with van der Waals surface area (Å²) >= 11 is 0. The molecule has 1 amide bonds. The maximum absolute atomic E-state index is 11.6. The number of aliphatic hydroxyl groups is 1. The minimum absolute atomic E-state index is 0.0238. The summed E-state index contributed by atoms with van der Waals surface area (Å²) in [5, 5.41) is 13.3. The van der Waals surface area contributed by atoms with Crippen LogP contribution in [0.2, 0.25) is 0 Å². The molecule has 0 bridgehead atoms. The summed E-state index contributed by atoms with van der Waals surface area (Å²) < 4.78 is 5.19. The normalized spacial score (nSPS) is 21.5. The molecule has 0 radical (unpaired) electrons. The van der Waals surface area contributed by atoms with E-state index in [0.717, 1.165) is 0 Å². The lowest BCUT2D eigenvalue weighted by Gasteiger charge is -2.33. The number of carbonyl (C=O) groups is 1. The summed E-state index contributed by atoms with van der Waals surface area (Å²) in [4.78, 5) is 13.1. The Kier molecular flexibility index (Phi) is 4.70. The maximum atomic E-state index is 11.6. The van der Waals surface area contributed by atoms with Gasteiger partial charge in [-0.2, -0.15) is 0 Å². The van der Waals surface area contributed by atoms with E-state index >= 15 is 0 Å². The number of amides is 1. The summed E-state index contributed by atoms with van der Waals surface area (Å²) in [6.07, 6.45) is 1.26. The van der Waals surface area contributed by atoms with Crippen LogP contribution >= 0.6 is 0 Å². The van der Waals surface area contributed by atoms with Crippen molar-refractivity contribution in [3.8, 4) is 0 Å². The Morgan fingerprint density at radius 1 is 1.50 bits per heavy atom. The predicted molar refractivity (Wildman–Crippen MR) is 61.2 cm³/mol. The molecule has 1 heterocycles. The molecule has 1 rings (SSSR count). The van der Waals surface area contributed by atoms with E-state index in [1.54, 1.807) is 19.0 Å². The molecule has 16 heavy (non-hydrogen) atoms. The van der Waals surface area contributed by atoms with Gasteiger partial charge in [-0.05, 0) is 6.92 Å². The van der Waals surface area contributed by atoms with Gasteiger partial charge in [0.2, 0.25) is 5.91 Å². The first-order valence-corrected chi connectivity index (χ1v) is 5.69. The molecule has 0 aromatic carbocycles. The number of nitrogens with zero attached hydrogens (tertiary/aromatic N) is 1. The first kappa shape index (κ1) is 13.4. The standard InChI is InChI=1S/C11H22N2O3/c1-9(10(14)13(2)3)12-8-11(15)4-6-16-7-5-11/h9,12,15H,4-8H2,1-3H3. The van der Waals surface area contributed by atoms with Crippen molar-refractivity contribution in [3.05, 3.63) is 0 Å². The van der Waals surface area contributed by atoms with E-state index in [9.17, 15) is 9.90 Å². The van der Waals surface area contributed by atoms with Gasteiger partial charge in [-0.15, -0.1) is 0 Å². The minimum Gasteiger partial charge on any atom is -0.388 e. The number of ether oxygens (including phenoxy) is 1. The fourth-order valence-corrected chi connectivity index (χ4v) is 1.75. The number of hydrogen-bond acceptors (Lipinski definition) is 4. The van der Waals surface area contributed by atoms with Crippen LogP contribution in [0.25, 0.3) is 0 Å². The van der Waals surface area contributed by atoms with Gasteiger partial charge >= 0.3 is 0 Å². The zero-order valence-corrected chi connectivity index (χ0v) is 10.3. The molecule has 1 saturated heterocycles. The lowest BCUT2D eigenvalue weighted by atomic mass is 9.94. The molecule has 0 saturated carbocycles. The highest BCUT2D eigenvalue weighted by atomic mass is 16.5. The van der Waals surface area contributed by atoms with Crippen molar-refractivity contribution in [2.75, 3.05) is 33.9 Å². The summed E-state index contributed by atoms with van der Waals surface area (Å²) in [5.74, 6) is 0.0238. The third kappa shape index (κ3) is 3.73. The highest BCUT2D eigenvalue weighted by molar-refractivity contribution is 5.80. The second kappa shape index (κ2) is 5.61. The van der Waals surface area contributed by atoms with Gasteiger partial charge < -0.3 is 20.1 Å². The Morgan fingerprint density at radius 3 is 2.56 bits per heavy atom. The molecule has 2 N–H and O–H groups in total. The molecule has 94 valence electrons. The number of carbonyl (C=O) groups excluding carboxylic acids is 1. The van der Waals surface area contributed by atoms with Crippen molar-refractivity contribution < 1.29 is 14.6 Å². The molecule has 1 atom stereocenters. The summed E-state index contributed by atoms with van der Waals surface area (Å²) in [5.41, 5.74) is -0.723. The monoisotopic (exact) mass is 230 g/mol. The van der Waals surface area contributed by atoms with E-state index in [-0.39, 0.29) is 11.9 Å². The molecular weight excluding hydrogens is 208 g/mol. The van der Waals surface area contributed by atoms with Crippen LogP contribution in [-0.4, -0.2) is 61.4 Å². The van der Waals surface area contributed by atoms with Crippen LogP contribution in [0.1, 0.15) is 19.8 Å². The number of rotatable bonds is 4. The summed E-state index contributed by atoms with van der Waals surface area (Å²) in [6.45, 7) is 3.44. The third-order valence-corrected chi connectivity index (χ3v) is 2.97. The maximum Gasteiger partial charge on any atom is 0.238 e. The Bertz CT molecular complexity index is 237. The van der Waals surface area contributed by atoms with E-state index in [0.29, 0.717) is 32.6 Å². The van der Waals surface area contributed by atoms with Crippen molar-refractivity contribution in [2.45, 2.75) is 31.4 Å². The quantitative estimate of drug-likeness (QED) is 0.689. The fraction of sp³-hybridized carbons (Fsp3) is 0.909. The molecule has 0 aromatic heterocycles. The van der Waals surface area contributed by atoms with Gasteiger partial charge in [0.1, 0.15) is 0 Å². The molecule has 5 nitrogen and oxygen atoms in total. The predicted octanol–water partition coefficient (Wildman–Crippen LogP) is -0.406. The first-order chi connectivity index (χ1) is 7.44. The zero-order chi connectivity index (χ0) is 12.2. The van der Waals surface area contributed by atoms with Crippen molar-refractivity contribution in [3.63, 3.8) is 0 Å². The van der Waals surface area contributed by atoms with Crippen LogP contribution in [0, 0.1) is 0 Å². The Labute approximate surface area is 96.8 Å². The highest BCUT2D eigenvalue weighted by Crippen LogP contribution is 2.19. The fourth-order valence-electron chi connectivity index (χ4n) is 1.75. The van der Waals surface area contributed by atoms with Gasteiger partial charge in [-0.25, -0.2) is 0 Å². The third-order valence-electron chi connectivity index (χ3n) is 2.97. The molecule has 0 aliphatic carbocycles. The van der Waals surface area contributed by atoms with Crippen LogP contribution < -0.4 is 5.32 Å². The second-order valence-corrected chi connectivity index (χ2v) is 4.67. The number of nitrogens with one attached hydrogen (secondary N) is 1. The molecule has 1 unspecified atom stereocenters. The van der Waals surface area contributed by atoms with E-state index in [4.69, 9.17) is 4.74 Å². The van der Waals surface area contributed by atoms with E-state index < -0.39 is 5.60 Å². The van der Waals surface area contributed by atoms with Crippen molar-refractivity contribution in [1.82, 2.24) is 10.2 Å². The first-order valence-electron chi connectivity index (χ1n) is 5.69. The van der Waals surface area contributed by atoms with Gasteiger partial charge in [-0.1, -0.05) is 0 Å². The Balaban J connectivity index is 2.35. The lowest BCUT2D eigenvalue weighted by Crippen LogP contribution is -2.50. The van der Waals surface area contributed by atoms with E-state index in [2.05, 4.69) is 5.32 Å². The van der Waals surface area contributed by atoms with Crippen LogP contribution in [0.15, 0.2) is 0 Å². The SMILES string of the molecule is CC(NCC1(O)CCOCC1)C(=O)N(C)C. The van der Waals surface area contributed by atoms with Crippen molar-refractivity contribution >= 4 is 5.91 Å². The van der Waals surface area contributed by atoms with Gasteiger partial charge in [0, 0.05) is 46.7 Å². The van der Waals surface area contributed by atoms with Crippen LogP contribution in [0.4, 0.5) is 0 Å². The molecule has 5 heteroatoms. The van der Waals surface area contributed by atoms with Gasteiger partial charge in [0.25, 0.3) is 0 Å². The molecule has 1 aliphatic heterocycles. The van der Waals surface area contributed by atoms with E-state index in [1.807, 2.05) is 6.92 Å². The molecular formula is C11H22N2O3. The number of hydrogen-bond donors (Lipinski definition) is 2.